The zero-order chi connectivity index (χ0) is 9.14. The van der Waals surface area contributed by atoms with Crippen molar-refractivity contribution in [2.24, 2.45) is 5.73 Å². The summed E-state index contributed by atoms with van der Waals surface area (Å²) in [4.78, 5) is 15.0. The highest BCUT2D eigenvalue weighted by Gasteiger charge is 2.13. The van der Waals surface area contributed by atoms with Crippen LogP contribution < -0.4 is 5.73 Å². The van der Waals surface area contributed by atoms with Gasteiger partial charge < -0.3 is 5.73 Å². The zero-order valence-corrected chi connectivity index (χ0v) is 7.19. The molecule has 5 heteroatoms. The standard InChI is InChI=1S/C7H12N4O/c1-5(2)11-7(6(12)3-8)9-4-10-11/h4-5H,3,8H2,1-2H3. The Bertz CT molecular complexity index is 279. The van der Waals surface area contributed by atoms with Crippen LogP contribution in [-0.4, -0.2) is 27.1 Å². The van der Waals surface area contributed by atoms with Gasteiger partial charge >= 0.3 is 0 Å². The Morgan fingerprint density at radius 3 is 2.92 bits per heavy atom. The van der Waals surface area contributed by atoms with Crippen molar-refractivity contribution >= 4 is 5.78 Å². The minimum Gasteiger partial charge on any atom is -0.324 e. The van der Waals surface area contributed by atoms with Gasteiger partial charge in [-0.05, 0) is 13.8 Å². The molecule has 0 saturated heterocycles. The van der Waals surface area contributed by atoms with E-state index >= 15 is 0 Å². The second-order valence-electron chi connectivity index (χ2n) is 2.75. The van der Waals surface area contributed by atoms with Crippen LogP contribution in [0.15, 0.2) is 6.33 Å². The van der Waals surface area contributed by atoms with Crippen molar-refractivity contribution in [1.29, 1.82) is 0 Å². The molecule has 1 aromatic heterocycles. The molecule has 1 aromatic rings. The number of ketones is 1. The summed E-state index contributed by atoms with van der Waals surface area (Å²) in [6.45, 7) is 3.84. The van der Waals surface area contributed by atoms with Crippen LogP contribution >= 0.6 is 0 Å². The van der Waals surface area contributed by atoms with Gasteiger partial charge in [0.2, 0.25) is 5.78 Å². The molecule has 0 radical (unpaired) electrons. The van der Waals surface area contributed by atoms with Gasteiger partial charge in [0, 0.05) is 6.04 Å². The summed E-state index contributed by atoms with van der Waals surface area (Å²) in [5, 5.41) is 3.91. The fourth-order valence-electron chi connectivity index (χ4n) is 0.919. The first kappa shape index (κ1) is 8.86. The summed E-state index contributed by atoms with van der Waals surface area (Å²) >= 11 is 0. The normalized spacial score (nSPS) is 10.7. The molecule has 1 rings (SSSR count). The van der Waals surface area contributed by atoms with Gasteiger partial charge in [0.1, 0.15) is 6.33 Å². The lowest BCUT2D eigenvalue weighted by atomic mass is 10.3. The molecule has 2 N–H and O–H groups in total. The van der Waals surface area contributed by atoms with E-state index in [0.29, 0.717) is 5.82 Å². The number of nitrogens with two attached hydrogens (primary N) is 1. The fourth-order valence-corrected chi connectivity index (χ4v) is 0.919. The molecular formula is C7H12N4O. The highest BCUT2D eigenvalue weighted by Crippen LogP contribution is 2.04. The van der Waals surface area contributed by atoms with Gasteiger partial charge in [-0.25, -0.2) is 9.67 Å². The van der Waals surface area contributed by atoms with Crippen molar-refractivity contribution in [3.05, 3.63) is 12.2 Å². The predicted molar refractivity (Wildman–Crippen MR) is 43.8 cm³/mol. The SMILES string of the molecule is CC(C)n1ncnc1C(=O)CN. The molecular weight excluding hydrogens is 156 g/mol. The van der Waals surface area contributed by atoms with Crippen LogP contribution in [0.25, 0.3) is 0 Å². The van der Waals surface area contributed by atoms with E-state index in [0.717, 1.165) is 0 Å². The van der Waals surface area contributed by atoms with Crippen LogP contribution in [0.3, 0.4) is 0 Å². The number of Topliss-reactive ketones (excluding diaryl/α,β-unsaturated/α-hetero) is 1. The Morgan fingerprint density at radius 1 is 1.75 bits per heavy atom. The van der Waals surface area contributed by atoms with Crippen LogP contribution in [0.4, 0.5) is 0 Å². The topological polar surface area (TPSA) is 73.8 Å². The summed E-state index contributed by atoms with van der Waals surface area (Å²) in [6.07, 6.45) is 1.36. The number of carbonyl (C=O) groups excluding carboxylic acids is 1. The molecule has 0 spiro atoms. The summed E-state index contributed by atoms with van der Waals surface area (Å²) < 4.78 is 1.56. The average Bonchev–Trinajstić information content (AvgIpc) is 2.50. The third kappa shape index (κ3) is 1.50. The number of nitrogens with zero attached hydrogens (tertiary/aromatic N) is 3. The number of hydrogen-bond donors (Lipinski definition) is 1. The van der Waals surface area contributed by atoms with Crippen molar-refractivity contribution in [2.75, 3.05) is 6.54 Å². The molecule has 0 aliphatic carbocycles. The molecule has 0 bridgehead atoms. The lowest BCUT2D eigenvalue weighted by Gasteiger charge is -2.06. The van der Waals surface area contributed by atoms with E-state index in [2.05, 4.69) is 10.1 Å². The first-order valence-electron chi connectivity index (χ1n) is 3.79. The highest BCUT2D eigenvalue weighted by molar-refractivity contribution is 5.94. The molecule has 0 saturated carbocycles. The molecule has 5 nitrogen and oxygen atoms in total. The number of rotatable bonds is 3. The second kappa shape index (κ2) is 3.44. The van der Waals surface area contributed by atoms with Gasteiger partial charge in [0.05, 0.1) is 6.54 Å². The predicted octanol–water partition coefficient (Wildman–Crippen LogP) is 0.000400. The quantitative estimate of drug-likeness (QED) is 0.645. The van der Waals surface area contributed by atoms with Crippen LogP contribution in [0.5, 0.6) is 0 Å². The van der Waals surface area contributed by atoms with Crippen LogP contribution in [0.2, 0.25) is 0 Å². The van der Waals surface area contributed by atoms with Gasteiger partial charge in [-0.2, -0.15) is 5.10 Å². The van der Waals surface area contributed by atoms with E-state index in [4.69, 9.17) is 5.73 Å². The van der Waals surface area contributed by atoms with Crippen LogP contribution in [0, 0.1) is 0 Å². The number of carbonyl (C=O) groups is 1. The molecule has 0 aliphatic rings. The molecule has 66 valence electrons. The van der Waals surface area contributed by atoms with Crippen LogP contribution in [-0.2, 0) is 0 Å². The van der Waals surface area contributed by atoms with Gasteiger partial charge in [-0.1, -0.05) is 0 Å². The minimum absolute atomic E-state index is 0.0224. The first-order chi connectivity index (χ1) is 5.66. The second-order valence-corrected chi connectivity index (χ2v) is 2.75. The molecule has 1 heterocycles. The van der Waals surface area contributed by atoms with E-state index in [-0.39, 0.29) is 18.4 Å². The maximum atomic E-state index is 11.2. The summed E-state index contributed by atoms with van der Waals surface area (Å²) in [6, 6.07) is 0.137. The Balaban J connectivity index is 2.99. The monoisotopic (exact) mass is 168 g/mol. The largest absolute Gasteiger partial charge is 0.324 e. The van der Waals surface area contributed by atoms with Crippen molar-refractivity contribution < 1.29 is 4.79 Å². The maximum absolute atomic E-state index is 11.2. The van der Waals surface area contributed by atoms with Crippen LogP contribution in [0.1, 0.15) is 30.5 Å². The Hall–Kier alpha value is -1.23. The Labute approximate surface area is 70.6 Å². The van der Waals surface area contributed by atoms with Gasteiger partial charge in [-0.15, -0.1) is 0 Å². The lowest BCUT2D eigenvalue weighted by molar-refractivity contribution is 0.0984. The average molecular weight is 168 g/mol. The molecule has 0 atom stereocenters. The number of aromatic nitrogens is 3. The van der Waals surface area contributed by atoms with Gasteiger partial charge in [0.25, 0.3) is 0 Å². The minimum atomic E-state index is -0.179. The number of hydrogen-bond acceptors (Lipinski definition) is 4. The Morgan fingerprint density at radius 2 is 2.42 bits per heavy atom. The smallest absolute Gasteiger partial charge is 0.213 e. The van der Waals surface area contributed by atoms with Crippen molar-refractivity contribution in [2.45, 2.75) is 19.9 Å². The molecule has 12 heavy (non-hydrogen) atoms. The van der Waals surface area contributed by atoms with Crippen molar-refractivity contribution in [1.82, 2.24) is 14.8 Å². The van der Waals surface area contributed by atoms with Crippen molar-refractivity contribution in [3.8, 4) is 0 Å². The molecule has 0 amide bonds. The summed E-state index contributed by atoms with van der Waals surface area (Å²) in [7, 11) is 0. The lowest BCUT2D eigenvalue weighted by Crippen LogP contribution is -2.20. The first-order valence-corrected chi connectivity index (χ1v) is 3.79. The van der Waals surface area contributed by atoms with E-state index < -0.39 is 0 Å². The Kier molecular flexibility index (Phi) is 2.54. The third-order valence-corrected chi connectivity index (χ3v) is 1.50. The molecule has 0 unspecified atom stereocenters. The van der Waals surface area contributed by atoms with E-state index in [1.54, 1.807) is 4.68 Å². The van der Waals surface area contributed by atoms with Crippen molar-refractivity contribution in [3.63, 3.8) is 0 Å². The fraction of sp³-hybridized carbons (Fsp3) is 0.571. The van der Waals surface area contributed by atoms with Gasteiger partial charge in [0.15, 0.2) is 5.82 Å². The summed E-state index contributed by atoms with van der Waals surface area (Å²) in [5.74, 6) is 0.161. The molecule has 0 fully saturated rings. The third-order valence-electron chi connectivity index (χ3n) is 1.50. The van der Waals surface area contributed by atoms with E-state index in [1.165, 1.54) is 6.33 Å². The summed E-state index contributed by atoms with van der Waals surface area (Å²) in [5.41, 5.74) is 5.20. The molecule has 0 aliphatic heterocycles. The maximum Gasteiger partial charge on any atom is 0.213 e. The van der Waals surface area contributed by atoms with E-state index in [1.807, 2.05) is 13.8 Å². The molecule has 0 aromatic carbocycles. The zero-order valence-electron chi connectivity index (χ0n) is 7.19. The van der Waals surface area contributed by atoms with E-state index in [9.17, 15) is 4.79 Å². The highest BCUT2D eigenvalue weighted by atomic mass is 16.1. The van der Waals surface area contributed by atoms with Gasteiger partial charge in [-0.3, -0.25) is 4.79 Å².